The first-order valence-electron chi connectivity index (χ1n) is 9.02. The van der Waals surface area contributed by atoms with E-state index in [1.807, 2.05) is 24.3 Å². The number of esters is 1. The van der Waals surface area contributed by atoms with E-state index >= 15 is 0 Å². The summed E-state index contributed by atoms with van der Waals surface area (Å²) in [5.74, 6) is 1.18. The number of rotatable bonds is 9. The molecule has 0 atom stereocenters. The molecule has 6 heteroatoms. The molecule has 2 aromatic rings. The lowest BCUT2D eigenvalue weighted by Crippen LogP contribution is -2.37. The molecule has 0 aliphatic rings. The number of ether oxygens (including phenoxy) is 2. The number of furan rings is 1. The van der Waals surface area contributed by atoms with Gasteiger partial charge in [-0.3, -0.25) is 0 Å². The third-order valence-corrected chi connectivity index (χ3v) is 4.32. The lowest BCUT2D eigenvalue weighted by atomic mass is 9.94. The zero-order valence-electron chi connectivity index (χ0n) is 16.8. The molecule has 0 unspecified atom stereocenters. The molecule has 1 aromatic heterocycles. The summed E-state index contributed by atoms with van der Waals surface area (Å²) in [7, 11) is 1.62. The lowest BCUT2D eigenvalue weighted by Gasteiger charge is -2.30. The van der Waals surface area contributed by atoms with E-state index in [1.165, 1.54) is 0 Å². The van der Waals surface area contributed by atoms with Crippen molar-refractivity contribution < 1.29 is 18.7 Å². The minimum absolute atomic E-state index is 0. The van der Waals surface area contributed by atoms with Gasteiger partial charge >= 0.3 is 5.97 Å². The van der Waals surface area contributed by atoms with Crippen LogP contribution < -0.4 is 4.74 Å². The third-order valence-electron chi connectivity index (χ3n) is 4.32. The van der Waals surface area contributed by atoms with Gasteiger partial charge in [0.05, 0.1) is 13.7 Å². The summed E-state index contributed by atoms with van der Waals surface area (Å²) in [6.45, 7) is 11.7. The standard InChI is InChI=1S/C21H29NO4.ClH/c1-6-22(7-2)14-21(3,4)15-25-20(23)19-13-12-18(26-19)16-8-10-17(24-5)11-9-16;/h8-13H,6-7,14-15H2,1-5H3;1H. The monoisotopic (exact) mass is 395 g/mol. The fourth-order valence-electron chi connectivity index (χ4n) is 2.79. The van der Waals surface area contributed by atoms with Gasteiger partial charge in [0.15, 0.2) is 0 Å². The van der Waals surface area contributed by atoms with Crippen molar-refractivity contribution in [3.8, 4) is 17.1 Å². The van der Waals surface area contributed by atoms with Crippen molar-refractivity contribution in [2.24, 2.45) is 5.41 Å². The van der Waals surface area contributed by atoms with Crippen molar-refractivity contribution in [2.75, 3.05) is 33.4 Å². The number of nitrogens with zero attached hydrogens (tertiary/aromatic N) is 1. The van der Waals surface area contributed by atoms with Crippen molar-refractivity contribution in [3.05, 3.63) is 42.2 Å². The zero-order chi connectivity index (χ0) is 19.2. The lowest BCUT2D eigenvalue weighted by molar-refractivity contribution is 0.0243. The highest BCUT2D eigenvalue weighted by Gasteiger charge is 2.24. The second-order valence-electron chi connectivity index (χ2n) is 7.09. The van der Waals surface area contributed by atoms with Crippen molar-refractivity contribution in [1.29, 1.82) is 0 Å². The number of benzene rings is 1. The summed E-state index contributed by atoms with van der Waals surface area (Å²) in [6.07, 6.45) is 0. The van der Waals surface area contributed by atoms with Crippen LogP contribution in [0.25, 0.3) is 11.3 Å². The smallest absolute Gasteiger partial charge is 0.374 e. The molecule has 1 aromatic carbocycles. The molecule has 0 saturated heterocycles. The molecule has 150 valence electrons. The van der Waals surface area contributed by atoms with E-state index in [2.05, 4.69) is 32.6 Å². The van der Waals surface area contributed by atoms with E-state index in [-0.39, 0.29) is 23.6 Å². The van der Waals surface area contributed by atoms with Crippen molar-refractivity contribution in [1.82, 2.24) is 4.90 Å². The summed E-state index contributed by atoms with van der Waals surface area (Å²) in [6, 6.07) is 10.9. The Kier molecular flexibility index (Phi) is 8.86. The maximum atomic E-state index is 12.3. The Morgan fingerprint density at radius 1 is 1.07 bits per heavy atom. The van der Waals surface area contributed by atoms with E-state index in [1.54, 1.807) is 19.2 Å². The summed E-state index contributed by atoms with van der Waals surface area (Å²) in [5.41, 5.74) is 0.763. The van der Waals surface area contributed by atoms with Crippen LogP contribution in [0.1, 0.15) is 38.2 Å². The van der Waals surface area contributed by atoms with Crippen LogP contribution in [0.5, 0.6) is 5.75 Å². The van der Waals surface area contributed by atoms with Gasteiger partial charge in [0.2, 0.25) is 5.76 Å². The molecule has 0 saturated carbocycles. The van der Waals surface area contributed by atoms with E-state index in [9.17, 15) is 4.79 Å². The minimum Gasteiger partial charge on any atom is -0.497 e. The number of carbonyl (C=O) groups is 1. The van der Waals surface area contributed by atoms with Crippen LogP contribution in [0, 0.1) is 5.41 Å². The van der Waals surface area contributed by atoms with E-state index in [4.69, 9.17) is 13.9 Å². The van der Waals surface area contributed by atoms with Crippen LogP contribution in [-0.2, 0) is 4.74 Å². The van der Waals surface area contributed by atoms with Crippen molar-refractivity contribution in [2.45, 2.75) is 27.7 Å². The van der Waals surface area contributed by atoms with Crippen molar-refractivity contribution >= 4 is 18.4 Å². The number of hydrogen-bond acceptors (Lipinski definition) is 5. The average Bonchev–Trinajstić information content (AvgIpc) is 3.14. The highest BCUT2D eigenvalue weighted by molar-refractivity contribution is 5.87. The molecule has 0 N–H and O–H groups in total. The number of hydrogen-bond donors (Lipinski definition) is 0. The fourth-order valence-corrected chi connectivity index (χ4v) is 2.79. The minimum atomic E-state index is -0.433. The SMILES string of the molecule is CCN(CC)CC(C)(C)COC(=O)c1ccc(-c2ccc(OC)cc2)o1.Cl. The summed E-state index contributed by atoms with van der Waals surface area (Å²) < 4.78 is 16.3. The summed E-state index contributed by atoms with van der Waals surface area (Å²) in [5, 5.41) is 0. The number of halogens is 1. The summed E-state index contributed by atoms with van der Waals surface area (Å²) in [4.78, 5) is 14.6. The predicted molar refractivity (Wildman–Crippen MR) is 110 cm³/mol. The summed E-state index contributed by atoms with van der Waals surface area (Å²) >= 11 is 0. The molecule has 5 nitrogen and oxygen atoms in total. The van der Waals surface area contributed by atoms with Crippen LogP contribution in [0.15, 0.2) is 40.8 Å². The molecule has 0 bridgehead atoms. The molecule has 0 fully saturated rings. The highest BCUT2D eigenvalue weighted by atomic mass is 35.5. The maximum Gasteiger partial charge on any atom is 0.374 e. The Morgan fingerprint density at radius 3 is 2.26 bits per heavy atom. The zero-order valence-corrected chi connectivity index (χ0v) is 17.6. The van der Waals surface area contributed by atoms with Crippen LogP contribution in [0.3, 0.4) is 0 Å². The van der Waals surface area contributed by atoms with Crippen LogP contribution >= 0.6 is 12.4 Å². The topological polar surface area (TPSA) is 51.9 Å². The van der Waals surface area contributed by atoms with Gasteiger partial charge < -0.3 is 18.8 Å². The largest absolute Gasteiger partial charge is 0.497 e. The van der Waals surface area contributed by atoms with Crippen LogP contribution in [0.4, 0.5) is 0 Å². The van der Waals surface area contributed by atoms with E-state index < -0.39 is 5.97 Å². The molecule has 0 radical (unpaired) electrons. The molecule has 27 heavy (non-hydrogen) atoms. The number of methoxy groups -OCH3 is 1. The molecule has 0 amide bonds. The Balaban J connectivity index is 0.00000364. The Bertz CT molecular complexity index is 705. The second-order valence-corrected chi connectivity index (χ2v) is 7.09. The van der Waals surface area contributed by atoms with Gasteiger partial charge in [-0.1, -0.05) is 27.7 Å². The Hall–Kier alpha value is -1.98. The van der Waals surface area contributed by atoms with Crippen LogP contribution in [0.2, 0.25) is 0 Å². The van der Waals surface area contributed by atoms with Gasteiger partial charge in [-0.05, 0) is 49.5 Å². The first-order chi connectivity index (χ1) is 12.4. The quantitative estimate of drug-likeness (QED) is 0.565. The van der Waals surface area contributed by atoms with Gasteiger partial charge in [0.25, 0.3) is 0 Å². The average molecular weight is 396 g/mol. The maximum absolute atomic E-state index is 12.3. The Labute approximate surface area is 168 Å². The first-order valence-corrected chi connectivity index (χ1v) is 9.02. The molecule has 2 rings (SSSR count). The second kappa shape index (κ2) is 10.4. The van der Waals surface area contributed by atoms with Gasteiger partial charge in [-0.25, -0.2) is 4.79 Å². The molecule has 0 spiro atoms. The third kappa shape index (κ3) is 6.60. The Morgan fingerprint density at radius 2 is 1.70 bits per heavy atom. The molecular weight excluding hydrogens is 366 g/mol. The molecule has 0 aliphatic heterocycles. The number of carbonyl (C=O) groups excluding carboxylic acids is 1. The van der Waals surface area contributed by atoms with E-state index in [0.29, 0.717) is 12.4 Å². The molecule has 1 heterocycles. The van der Waals surface area contributed by atoms with E-state index in [0.717, 1.165) is 30.9 Å². The molecular formula is C21H30ClNO4. The first kappa shape index (κ1) is 23.1. The normalized spacial score (nSPS) is 11.2. The van der Waals surface area contributed by atoms with Gasteiger partial charge in [-0.2, -0.15) is 0 Å². The van der Waals surface area contributed by atoms with Crippen molar-refractivity contribution in [3.63, 3.8) is 0 Å². The predicted octanol–water partition coefficient (Wildman–Crippen LogP) is 4.90. The fraction of sp³-hybridized carbons (Fsp3) is 0.476. The van der Waals surface area contributed by atoms with Crippen LogP contribution in [-0.4, -0.2) is 44.2 Å². The van der Waals surface area contributed by atoms with Gasteiger partial charge in [0.1, 0.15) is 11.5 Å². The van der Waals surface area contributed by atoms with Gasteiger partial charge in [-0.15, -0.1) is 12.4 Å². The van der Waals surface area contributed by atoms with Gasteiger partial charge in [0, 0.05) is 17.5 Å². The highest BCUT2D eigenvalue weighted by Crippen LogP contribution is 2.25. The molecule has 0 aliphatic carbocycles.